The van der Waals surface area contributed by atoms with Gasteiger partial charge >= 0.3 is 12.1 Å². The Morgan fingerprint density at radius 1 is 0.687 bits per heavy atom. The first-order valence-corrected chi connectivity index (χ1v) is 28.8. The number of nitrogens with one attached hydrogen (secondary N) is 7. The number of carbonyl (C=O) groups excluding carboxylic acids is 8. The van der Waals surface area contributed by atoms with Gasteiger partial charge in [0.2, 0.25) is 29.5 Å². The van der Waals surface area contributed by atoms with E-state index in [0.29, 0.717) is 76.7 Å². The number of pyridine rings is 1. The summed E-state index contributed by atoms with van der Waals surface area (Å²) < 4.78 is 5.55. The van der Waals surface area contributed by atoms with Crippen LogP contribution in [0.25, 0.3) is 6.08 Å². The molecule has 83 heavy (non-hydrogen) atoms. The molecule has 0 saturated heterocycles. The van der Waals surface area contributed by atoms with Crippen LogP contribution in [0, 0.1) is 11.8 Å². The van der Waals surface area contributed by atoms with Crippen LogP contribution in [-0.4, -0.2) is 101 Å². The molecule has 0 saturated carbocycles. The summed E-state index contributed by atoms with van der Waals surface area (Å²) in [7, 11) is 0. The number of nitrogens with two attached hydrogens (primary N) is 2. The van der Waals surface area contributed by atoms with Crippen molar-refractivity contribution >= 4 is 76.5 Å². The molecule has 0 aliphatic carbocycles. The van der Waals surface area contributed by atoms with Gasteiger partial charge in [-0.15, -0.1) is 0 Å². The molecule has 21 heteroatoms. The predicted octanol–water partition coefficient (Wildman–Crippen LogP) is 7.92. The number of amidine groups is 1. The fraction of sp³-hybridized carbons (Fsp3) is 0.452. The number of primary amides is 1. The molecule has 0 fully saturated rings. The monoisotopic (exact) mass is 1140 g/mol. The number of ether oxygens (including phenoxy) is 1. The van der Waals surface area contributed by atoms with Crippen LogP contribution < -0.4 is 48.7 Å². The van der Waals surface area contributed by atoms with Gasteiger partial charge in [0.1, 0.15) is 30.6 Å². The molecule has 446 valence electrons. The summed E-state index contributed by atoms with van der Waals surface area (Å²) in [6.07, 6.45) is 11.6. The Balaban J connectivity index is 1.16. The minimum absolute atomic E-state index is 0.00383. The van der Waals surface area contributed by atoms with Gasteiger partial charge in [-0.25, -0.2) is 14.6 Å². The van der Waals surface area contributed by atoms with Crippen molar-refractivity contribution in [2.75, 3.05) is 30.3 Å². The SMILES string of the molecule is CCCN(CCC)C(=O)C1=Cc2ccc(C(=O)Nc3cncc(CNC(=O)C(Cc4ccccc4)NC(=O)OCc4ccc(NC(=O)[C@H](CCCNC(N)=O)NC(=O)[C@@H](NC(=O)CCCCCCC(C)C)C(C)C)cc4)c3)cc2N=C(N)C1. The van der Waals surface area contributed by atoms with Gasteiger partial charge in [0.15, 0.2) is 0 Å². The van der Waals surface area contributed by atoms with Crippen molar-refractivity contribution < 1.29 is 43.1 Å². The molecule has 0 bridgehead atoms. The average Bonchev–Trinajstić information content (AvgIpc) is 3.95. The van der Waals surface area contributed by atoms with Crippen LogP contribution in [0.1, 0.15) is 145 Å². The highest BCUT2D eigenvalue weighted by Gasteiger charge is 2.29. The number of alkyl carbamates (subject to hydrolysis) is 1. The van der Waals surface area contributed by atoms with Gasteiger partial charge in [-0.05, 0) is 97.0 Å². The summed E-state index contributed by atoms with van der Waals surface area (Å²) in [4.78, 5) is 116. The van der Waals surface area contributed by atoms with Crippen molar-refractivity contribution in [3.63, 3.8) is 0 Å². The summed E-state index contributed by atoms with van der Waals surface area (Å²) in [5, 5.41) is 19.4. The van der Waals surface area contributed by atoms with Crippen LogP contribution in [0.5, 0.6) is 0 Å². The van der Waals surface area contributed by atoms with Crippen molar-refractivity contribution in [1.29, 1.82) is 0 Å². The van der Waals surface area contributed by atoms with E-state index in [-0.39, 0.29) is 68.9 Å². The Morgan fingerprint density at radius 3 is 2.10 bits per heavy atom. The molecule has 9 amide bonds. The molecule has 11 N–H and O–H groups in total. The lowest BCUT2D eigenvalue weighted by atomic mass is 10.0. The van der Waals surface area contributed by atoms with E-state index in [1.54, 1.807) is 60.8 Å². The van der Waals surface area contributed by atoms with Crippen LogP contribution in [0.4, 0.5) is 26.7 Å². The van der Waals surface area contributed by atoms with Gasteiger partial charge < -0.3 is 58.3 Å². The second-order valence-corrected chi connectivity index (χ2v) is 21.5. The fourth-order valence-electron chi connectivity index (χ4n) is 9.22. The summed E-state index contributed by atoms with van der Waals surface area (Å²) in [6, 6.07) is 18.6. The fourth-order valence-corrected chi connectivity index (χ4v) is 9.22. The number of fused-ring (bicyclic) bond motifs is 1. The average molecular weight is 1140 g/mol. The molecular formula is C62H84N12O9. The molecular weight excluding hydrogens is 1060 g/mol. The van der Waals surface area contributed by atoms with E-state index in [9.17, 15) is 38.4 Å². The number of hydrogen-bond acceptors (Lipinski definition) is 12. The maximum atomic E-state index is 13.8. The number of unbranched alkanes of at least 4 members (excludes halogenated alkanes) is 3. The smallest absolute Gasteiger partial charge is 0.408 e. The summed E-state index contributed by atoms with van der Waals surface area (Å²) >= 11 is 0. The standard InChI is InChI=1S/C62H84N12O9/c1-7-29-74(30-8-2)60(80)47-33-45-24-25-46(34-51(45)70-53(63)35-47)56(76)69-49-31-44(36-65-38-49)37-67-57(77)52(32-42-18-13-11-14-19-42)72-62(82)83-39-43-22-26-48(27-23-43)68-58(78)50(20-16-28-66-61(64)81)71-59(79)55(41(5)6)73-54(75)21-15-10-9-12-17-40(3)4/h11,13-14,18-19,22-27,31,33-34,36,38,40-41,50,52,55H,7-10,12,15-17,20-21,28-30,32,35,37,39H2,1-6H3,(H2,63,70)(H,67,77)(H,68,78)(H,69,76)(H,71,79)(H,72,82)(H,73,75)(H3,64,66,81)/t50-,52?,55-/m0/s1. The van der Waals surface area contributed by atoms with Gasteiger partial charge in [-0.2, -0.15) is 0 Å². The third-order valence-corrected chi connectivity index (χ3v) is 13.6. The number of aromatic nitrogens is 1. The second kappa shape index (κ2) is 34.0. The van der Waals surface area contributed by atoms with Gasteiger partial charge in [-0.3, -0.25) is 33.8 Å². The Kier molecular flexibility index (Phi) is 26.7. The van der Waals surface area contributed by atoms with Crippen LogP contribution in [0.2, 0.25) is 0 Å². The molecule has 0 radical (unpaired) electrons. The minimum Gasteiger partial charge on any atom is -0.445 e. The molecule has 5 rings (SSSR count). The van der Waals surface area contributed by atoms with Gasteiger partial charge in [0.25, 0.3) is 5.91 Å². The summed E-state index contributed by atoms with van der Waals surface area (Å²) in [5.41, 5.74) is 16.1. The van der Waals surface area contributed by atoms with E-state index in [4.69, 9.17) is 16.2 Å². The zero-order valence-electron chi connectivity index (χ0n) is 48.8. The number of aliphatic imine (C=N–C) groups is 1. The molecule has 21 nitrogen and oxygen atoms in total. The van der Waals surface area contributed by atoms with E-state index in [2.05, 4.69) is 61.0 Å². The first-order chi connectivity index (χ1) is 39.8. The quantitative estimate of drug-likeness (QED) is 0.0212. The first-order valence-electron chi connectivity index (χ1n) is 28.8. The number of benzene rings is 3. The van der Waals surface area contributed by atoms with Gasteiger partial charge in [0, 0.05) is 74.0 Å². The molecule has 1 unspecified atom stereocenters. The van der Waals surface area contributed by atoms with Crippen molar-refractivity contribution in [2.24, 2.45) is 28.3 Å². The molecule has 0 spiro atoms. The van der Waals surface area contributed by atoms with Crippen LogP contribution in [-0.2, 0) is 48.3 Å². The van der Waals surface area contributed by atoms with E-state index < -0.39 is 53.9 Å². The Morgan fingerprint density at radius 2 is 1.41 bits per heavy atom. The number of rotatable bonds is 32. The Bertz CT molecular complexity index is 2890. The van der Waals surface area contributed by atoms with Crippen molar-refractivity contribution in [1.82, 2.24) is 36.5 Å². The molecule has 1 aliphatic heterocycles. The number of anilines is 2. The topological polar surface area (TPSA) is 311 Å². The summed E-state index contributed by atoms with van der Waals surface area (Å²) in [5.74, 6) is -1.70. The number of hydrogen-bond donors (Lipinski definition) is 9. The van der Waals surface area contributed by atoms with E-state index in [0.717, 1.165) is 44.1 Å². The molecule has 3 aromatic carbocycles. The molecule has 4 aromatic rings. The molecule has 2 heterocycles. The van der Waals surface area contributed by atoms with Crippen LogP contribution >= 0.6 is 0 Å². The molecule has 3 atom stereocenters. The first kappa shape index (κ1) is 65.2. The van der Waals surface area contributed by atoms with Crippen LogP contribution in [0.15, 0.2) is 102 Å². The highest BCUT2D eigenvalue weighted by molar-refractivity contribution is 6.08. The van der Waals surface area contributed by atoms with Gasteiger partial charge in [-0.1, -0.05) is 116 Å². The minimum atomic E-state index is -1.06. The predicted molar refractivity (Wildman–Crippen MR) is 322 cm³/mol. The van der Waals surface area contributed by atoms with Crippen LogP contribution in [0.3, 0.4) is 0 Å². The van der Waals surface area contributed by atoms with E-state index >= 15 is 0 Å². The molecule has 1 aromatic heterocycles. The maximum absolute atomic E-state index is 13.8. The Labute approximate surface area is 487 Å². The zero-order chi connectivity index (χ0) is 60.3. The lowest BCUT2D eigenvalue weighted by molar-refractivity contribution is -0.132. The number of nitrogens with zero attached hydrogens (tertiary/aromatic N) is 3. The maximum Gasteiger partial charge on any atom is 0.408 e. The lowest BCUT2D eigenvalue weighted by Gasteiger charge is -2.25. The van der Waals surface area contributed by atoms with E-state index in [1.165, 1.54) is 6.20 Å². The third-order valence-electron chi connectivity index (χ3n) is 13.6. The van der Waals surface area contributed by atoms with Crippen molar-refractivity contribution in [3.05, 3.63) is 125 Å². The molecule has 1 aliphatic rings. The second-order valence-electron chi connectivity index (χ2n) is 21.5. The van der Waals surface area contributed by atoms with Crippen molar-refractivity contribution in [2.45, 2.75) is 150 Å². The highest BCUT2D eigenvalue weighted by Crippen LogP contribution is 2.29. The zero-order valence-corrected chi connectivity index (χ0v) is 48.8. The normalized spacial score (nSPS) is 12.9. The Hall–Kier alpha value is -8.62. The largest absolute Gasteiger partial charge is 0.445 e. The number of amides is 9. The highest BCUT2D eigenvalue weighted by atomic mass is 16.5. The third kappa shape index (κ3) is 22.7. The van der Waals surface area contributed by atoms with Crippen molar-refractivity contribution in [3.8, 4) is 0 Å². The number of carbonyl (C=O) groups is 8. The number of urea groups is 1. The van der Waals surface area contributed by atoms with Gasteiger partial charge in [0.05, 0.1) is 17.6 Å². The lowest BCUT2D eigenvalue weighted by Crippen LogP contribution is -2.54. The van der Waals surface area contributed by atoms with E-state index in [1.807, 2.05) is 62.9 Å². The summed E-state index contributed by atoms with van der Waals surface area (Å²) in [6.45, 7) is 13.3.